The van der Waals surface area contributed by atoms with Crippen molar-refractivity contribution in [2.45, 2.75) is 12.6 Å². The fourth-order valence-electron chi connectivity index (χ4n) is 4.84. The molecule has 0 saturated carbocycles. The van der Waals surface area contributed by atoms with Crippen molar-refractivity contribution in [1.29, 1.82) is 0 Å². The molecule has 5 rings (SSSR count). The predicted molar refractivity (Wildman–Crippen MR) is 138 cm³/mol. The van der Waals surface area contributed by atoms with Crippen molar-refractivity contribution in [2.24, 2.45) is 0 Å². The number of nitrogens with one attached hydrogen (secondary N) is 1. The van der Waals surface area contributed by atoms with E-state index in [1.165, 1.54) is 5.69 Å². The highest BCUT2D eigenvalue weighted by Gasteiger charge is 2.40. The molecular formula is C25H32N8O3. The van der Waals surface area contributed by atoms with Crippen LogP contribution < -0.4 is 15.1 Å². The Bertz CT molecular complexity index is 1160. The molecule has 2 amide bonds. The van der Waals surface area contributed by atoms with Crippen LogP contribution in [0.1, 0.15) is 5.56 Å². The standard InChI is InChI=1S/C25H32N8O3/c1-17(23(34)35)13-31-15-21(16-31)33-14-18-12-26-24(28-22(18)30(3)25(33)36)27-19-4-6-20(7-5-19)32-10-8-29(2)9-11-32/h4-7,12,21H,1,8-11,13-16H2,2-3H3,(H,34,35)(H,26,27,28). The number of likely N-dealkylation sites (tertiary alicyclic amines) is 1. The molecule has 2 aromatic rings. The number of likely N-dealkylation sites (N-methyl/N-ethyl adjacent to an activating group) is 1. The van der Waals surface area contributed by atoms with Gasteiger partial charge in [-0.05, 0) is 31.3 Å². The number of amides is 2. The summed E-state index contributed by atoms with van der Waals surface area (Å²) >= 11 is 0. The minimum Gasteiger partial charge on any atom is -0.478 e. The number of rotatable bonds is 7. The summed E-state index contributed by atoms with van der Waals surface area (Å²) in [7, 11) is 3.87. The van der Waals surface area contributed by atoms with Crippen LogP contribution in [0.15, 0.2) is 42.6 Å². The van der Waals surface area contributed by atoms with E-state index in [0.29, 0.717) is 37.9 Å². The number of benzene rings is 1. The van der Waals surface area contributed by atoms with Crippen molar-refractivity contribution in [3.05, 3.63) is 48.2 Å². The molecule has 3 aliphatic rings. The van der Waals surface area contributed by atoms with Crippen LogP contribution in [0, 0.1) is 0 Å². The molecule has 0 radical (unpaired) electrons. The highest BCUT2D eigenvalue weighted by Crippen LogP contribution is 2.30. The number of hydrogen-bond donors (Lipinski definition) is 2. The van der Waals surface area contributed by atoms with Gasteiger partial charge in [0.2, 0.25) is 5.95 Å². The van der Waals surface area contributed by atoms with Crippen LogP contribution >= 0.6 is 0 Å². The molecule has 4 heterocycles. The SMILES string of the molecule is C=C(CN1CC(N2Cc3cnc(Nc4ccc(N5CCN(C)CC5)cc4)nc3N(C)C2=O)C1)C(=O)O. The number of aliphatic carboxylic acids is 1. The van der Waals surface area contributed by atoms with Crippen molar-refractivity contribution < 1.29 is 14.7 Å². The molecule has 11 nitrogen and oxygen atoms in total. The van der Waals surface area contributed by atoms with E-state index < -0.39 is 5.97 Å². The van der Waals surface area contributed by atoms with Crippen molar-refractivity contribution in [2.75, 3.05) is 75.0 Å². The van der Waals surface area contributed by atoms with Gasteiger partial charge in [-0.1, -0.05) is 6.58 Å². The maximum Gasteiger partial charge on any atom is 0.332 e. The number of carbonyl (C=O) groups excluding carboxylic acids is 1. The molecule has 11 heteroatoms. The van der Waals surface area contributed by atoms with Gasteiger partial charge in [-0.3, -0.25) is 9.80 Å². The number of carboxylic acids is 1. The lowest BCUT2D eigenvalue weighted by molar-refractivity contribution is -0.133. The van der Waals surface area contributed by atoms with Crippen LogP contribution in [-0.4, -0.2) is 108 Å². The molecule has 0 spiro atoms. The summed E-state index contributed by atoms with van der Waals surface area (Å²) in [5.41, 5.74) is 3.12. The molecule has 1 aromatic heterocycles. The Morgan fingerprint density at radius 1 is 1.14 bits per heavy atom. The Labute approximate surface area is 210 Å². The lowest BCUT2D eigenvalue weighted by atomic mass is 10.0. The summed E-state index contributed by atoms with van der Waals surface area (Å²) in [6.07, 6.45) is 1.77. The van der Waals surface area contributed by atoms with Crippen LogP contribution in [0.2, 0.25) is 0 Å². The minimum absolute atomic E-state index is 0.0197. The highest BCUT2D eigenvalue weighted by atomic mass is 16.4. The molecule has 3 aliphatic heterocycles. The molecule has 190 valence electrons. The second-order valence-electron chi connectivity index (χ2n) is 9.73. The van der Waals surface area contributed by atoms with Gasteiger partial charge in [-0.2, -0.15) is 4.98 Å². The van der Waals surface area contributed by atoms with E-state index in [1.54, 1.807) is 23.0 Å². The molecule has 2 N–H and O–H groups in total. The lowest BCUT2D eigenvalue weighted by Gasteiger charge is -2.47. The Morgan fingerprint density at radius 3 is 2.50 bits per heavy atom. The normalized spacial score (nSPS) is 19.2. The number of fused-ring (bicyclic) bond motifs is 1. The van der Waals surface area contributed by atoms with Crippen LogP contribution in [0.3, 0.4) is 0 Å². The molecule has 0 bridgehead atoms. The molecular weight excluding hydrogens is 460 g/mol. The van der Waals surface area contributed by atoms with E-state index in [2.05, 4.69) is 50.8 Å². The average Bonchev–Trinajstić information content (AvgIpc) is 2.85. The number of nitrogens with zero attached hydrogens (tertiary/aromatic N) is 7. The minimum atomic E-state index is -0.992. The second-order valence-corrected chi connectivity index (χ2v) is 9.73. The molecule has 0 unspecified atom stereocenters. The van der Waals surface area contributed by atoms with Crippen molar-refractivity contribution in [3.63, 3.8) is 0 Å². The Morgan fingerprint density at radius 2 is 1.83 bits per heavy atom. The molecule has 2 fully saturated rings. The first-order chi connectivity index (χ1) is 17.3. The summed E-state index contributed by atoms with van der Waals surface area (Å²) in [5.74, 6) is 0.0446. The zero-order valence-electron chi connectivity index (χ0n) is 20.7. The predicted octanol–water partition coefficient (Wildman–Crippen LogP) is 1.67. The Kier molecular flexibility index (Phi) is 6.50. The first-order valence-corrected chi connectivity index (χ1v) is 12.1. The topological polar surface area (TPSA) is 108 Å². The highest BCUT2D eigenvalue weighted by molar-refractivity contribution is 5.93. The zero-order chi connectivity index (χ0) is 25.4. The number of anilines is 4. The first kappa shape index (κ1) is 24.0. The van der Waals surface area contributed by atoms with E-state index in [0.717, 1.165) is 37.4 Å². The third kappa shape index (κ3) is 4.84. The summed E-state index contributed by atoms with van der Waals surface area (Å²) in [6, 6.07) is 8.15. The van der Waals surface area contributed by atoms with Gasteiger partial charge in [0.25, 0.3) is 0 Å². The fourth-order valence-corrected chi connectivity index (χ4v) is 4.84. The van der Waals surface area contributed by atoms with Crippen molar-refractivity contribution in [3.8, 4) is 0 Å². The van der Waals surface area contributed by atoms with Crippen molar-refractivity contribution in [1.82, 2.24) is 24.7 Å². The summed E-state index contributed by atoms with van der Waals surface area (Å²) in [4.78, 5) is 43.2. The molecule has 0 atom stereocenters. The van der Waals surface area contributed by atoms with Gasteiger partial charge in [0.1, 0.15) is 5.82 Å². The van der Waals surface area contributed by atoms with Gasteiger partial charge < -0.3 is 25.1 Å². The molecule has 36 heavy (non-hydrogen) atoms. The second kappa shape index (κ2) is 9.75. The smallest absolute Gasteiger partial charge is 0.332 e. The third-order valence-electron chi connectivity index (χ3n) is 7.12. The molecule has 2 saturated heterocycles. The van der Waals surface area contributed by atoms with E-state index >= 15 is 0 Å². The zero-order valence-corrected chi connectivity index (χ0v) is 20.7. The number of urea groups is 1. The summed E-state index contributed by atoms with van der Waals surface area (Å²) < 4.78 is 0. The summed E-state index contributed by atoms with van der Waals surface area (Å²) in [6.45, 7) is 9.70. The van der Waals surface area contributed by atoms with Gasteiger partial charge in [0, 0.05) is 81.6 Å². The number of aromatic nitrogens is 2. The van der Waals surface area contributed by atoms with E-state index in [9.17, 15) is 9.59 Å². The quantitative estimate of drug-likeness (QED) is 0.558. The summed E-state index contributed by atoms with van der Waals surface area (Å²) in [5, 5.41) is 12.3. The number of piperazine rings is 1. The van der Waals surface area contributed by atoms with Crippen LogP contribution in [0.4, 0.5) is 27.9 Å². The largest absolute Gasteiger partial charge is 0.478 e. The lowest BCUT2D eigenvalue weighted by Crippen LogP contribution is -2.63. The van der Waals surface area contributed by atoms with Crippen molar-refractivity contribution >= 4 is 35.1 Å². The van der Waals surface area contributed by atoms with E-state index in [4.69, 9.17) is 5.11 Å². The molecule has 1 aromatic carbocycles. The van der Waals surface area contributed by atoms with E-state index in [1.807, 2.05) is 17.0 Å². The number of carbonyl (C=O) groups is 2. The van der Waals surface area contributed by atoms with Gasteiger partial charge in [0.05, 0.1) is 12.6 Å². The maximum absolute atomic E-state index is 13.1. The van der Waals surface area contributed by atoms with Gasteiger partial charge >= 0.3 is 12.0 Å². The van der Waals surface area contributed by atoms with E-state index in [-0.39, 0.29) is 17.6 Å². The number of hydrogen-bond acceptors (Lipinski definition) is 8. The van der Waals surface area contributed by atoms with Gasteiger partial charge in [0.15, 0.2) is 0 Å². The van der Waals surface area contributed by atoms with Gasteiger partial charge in [-0.15, -0.1) is 0 Å². The van der Waals surface area contributed by atoms with Crippen LogP contribution in [0.25, 0.3) is 0 Å². The van der Waals surface area contributed by atoms with Gasteiger partial charge in [-0.25, -0.2) is 14.6 Å². The number of carboxylic acid groups (broad SMARTS) is 1. The Balaban J connectivity index is 1.21. The third-order valence-corrected chi connectivity index (χ3v) is 7.12. The van der Waals surface area contributed by atoms with Crippen LogP contribution in [0.5, 0.6) is 0 Å². The average molecular weight is 493 g/mol. The molecule has 0 aliphatic carbocycles. The Hall–Kier alpha value is -3.70. The van der Waals surface area contributed by atoms with Crippen LogP contribution in [-0.2, 0) is 11.3 Å². The first-order valence-electron chi connectivity index (χ1n) is 12.1. The maximum atomic E-state index is 13.1. The fraction of sp³-hybridized carbons (Fsp3) is 0.440. The monoisotopic (exact) mass is 492 g/mol.